The van der Waals surface area contributed by atoms with Crippen LogP contribution in [0, 0.1) is 19.7 Å². The van der Waals surface area contributed by atoms with Gasteiger partial charge < -0.3 is 10.1 Å². The minimum Gasteiger partial charge on any atom is -0.423 e. The lowest BCUT2D eigenvalue weighted by Gasteiger charge is -2.15. The fraction of sp³-hybridized carbons (Fsp3) is 0.0800. The molecule has 3 aromatic rings. The molecular weight excluding hydrogens is 482 g/mol. The zero-order valence-electron chi connectivity index (χ0n) is 18.0. The molecule has 0 saturated carbocycles. The molecule has 3 aromatic carbocycles. The lowest BCUT2D eigenvalue weighted by molar-refractivity contribution is -0.120. The van der Waals surface area contributed by atoms with Gasteiger partial charge in [0.1, 0.15) is 22.3 Å². The highest BCUT2D eigenvalue weighted by atomic mass is 35.5. The summed E-state index contributed by atoms with van der Waals surface area (Å²) < 4.78 is 18.9. The molecule has 0 unspecified atom stereocenters. The fourth-order valence-corrected chi connectivity index (χ4v) is 3.85. The van der Waals surface area contributed by atoms with E-state index in [0.717, 1.165) is 28.2 Å². The summed E-state index contributed by atoms with van der Waals surface area (Å²) in [6, 6.07) is 15.1. The van der Waals surface area contributed by atoms with Crippen LogP contribution in [-0.2, 0) is 9.59 Å². The number of benzene rings is 3. The number of hydrogen-bond acceptors (Lipinski definition) is 5. The van der Waals surface area contributed by atoms with Crippen LogP contribution in [-0.4, -0.2) is 17.8 Å². The number of amides is 2. The van der Waals surface area contributed by atoms with Crippen LogP contribution in [0.5, 0.6) is 5.75 Å². The van der Waals surface area contributed by atoms with Gasteiger partial charge in [-0.3, -0.25) is 9.59 Å². The highest BCUT2D eigenvalue weighted by Gasteiger charge is 2.39. The minimum absolute atomic E-state index is 0.0841. The number of rotatable bonds is 5. The van der Waals surface area contributed by atoms with E-state index >= 15 is 0 Å². The molecule has 0 aliphatic carbocycles. The fourth-order valence-electron chi connectivity index (χ4n) is 3.46. The molecule has 0 radical (unpaired) electrons. The van der Waals surface area contributed by atoms with E-state index in [-0.39, 0.29) is 21.4 Å². The predicted octanol–water partition coefficient (Wildman–Crippen LogP) is 5.75. The second kappa shape index (κ2) is 9.29. The Hall–Kier alpha value is -3.68. The first-order valence-corrected chi connectivity index (χ1v) is 10.8. The average molecular weight is 499 g/mol. The third kappa shape index (κ3) is 4.66. The van der Waals surface area contributed by atoms with Crippen molar-refractivity contribution < 1.29 is 23.5 Å². The van der Waals surface area contributed by atoms with Crippen LogP contribution >= 0.6 is 23.2 Å². The molecular formula is C25H17Cl2FN2O4. The van der Waals surface area contributed by atoms with Gasteiger partial charge in [0, 0.05) is 5.69 Å². The molecule has 1 aliphatic rings. The normalized spacial score (nSPS) is 13.5. The number of esters is 1. The summed E-state index contributed by atoms with van der Waals surface area (Å²) in [5, 5.41) is 2.24. The van der Waals surface area contributed by atoms with Crippen LogP contribution in [0.2, 0.25) is 5.02 Å². The maximum Gasteiger partial charge on any atom is 0.343 e. The topological polar surface area (TPSA) is 75.7 Å². The van der Waals surface area contributed by atoms with Gasteiger partial charge in [-0.15, -0.1) is 0 Å². The molecule has 0 saturated heterocycles. The number of anilines is 2. The molecule has 0 fully saturated rings. The van der Waals surface area contributed by atoms with Crippen LogP contribution in [0.1, 0.15) is 21.5 Å². The lowest BCUT2D eigenvalue weighted by Crippen LogP contribution is -2.32. The monoisotopic (exact) mass is 498 g/mol. The van der Waals surface area contributed by atoms with Crippen LogP contribution in [0.15, 0.2) is 71.4 Å². The summed E-state index contributed by atoms with van der Waals surface area (Å²) in [5.74, 6) is -2.28. The average Bonchev–Trinajstić information content (AvgIpc) is 2.98. The first-order valence-electron chi connectivity index (χ1n) is 10.0. The summed E-state index contributed by atoms with van der Waals surface area (Å²) in [6.45, 7) is 3.82. The van der Waals surface area contributed by atoms with Gasteiger partial charge in [-0.25, -0.2) is 14.1 Å². The molecule has 2 amide bonds. The Labute approximate surface area is 204 Å². The number of carbonyl (C=O) groups excluding carboxylic acids is 3. The molecule has 0 spiro atoms. The summed E-state index contributed by atoms with van der Waals surface area (Å²) in [5.41, 5.74) is 2.58. The molecule has 0 aromatic heterocycles. The molecule has 9 heteroatoms. The zero-order valence-corrected chi connectivity index (χ0v) is 19.5. The highest BCUT2D eigenvalue weighted by molar-refractivity contribution is 6.53. The second-order valence-corrected chi connectivity index (χ2v) is 8.43. The third-order valence-corrected chi connectivity index (χ3v) is 5.62. The Morgan fingerprint density at radius 3 is 2.18 bits per heavy atom. The van der Waals surface area contributed by atoms with E-state index in [0.29, 0.717) is 17.0 Å². The number of carbonyl (C=O) groups is 3. The first kappa shape index (κ1) is 23.5. The molecule has 0 bridgehead atoms. The van der Waals surface area contributed by atoms with Crippen molar-refractivity contribution in [3.05, 3.63) is 98.9 Å². The van der Waals surface area contributed by atoms with Crippen molar-refractivity contribution in [1.82, 2.24) is 0 Å². The maximum absolute atomic E-state index is 13.5. The lowest BCUT2D eigenvalue weighted by atomic mass is 10.1. The van der Waals surface area contributed by atoms with Gasteiger partial charge in [0.15, 0.2) is 0 Å². The van der Waals surface area contributed by atoms with Gasteiger partial charge in [0.25, 0.3) is 11.8 Å². The molecule has 172 valence electrons. The second-order valence-electron chi connectivity index (χ2n) is 7.65. The summed E-state index contributed by atoms with van der Waals surface area (Å²) in [7, 11) is 0. The standard InChI is InChI=1S/C25H17Cl2FN2O4/c1-13-9-14(2)11-18(10-13)34-25(33)15-3-5-16(6-4-15)29-22-21(27)23(31)30(24(22)32)17-7-8-20(28)19(26)12-17/h3-12,29H,1-2H3. The number of ether oxygens (including phenoxy) is 1. The van der Waals surface area contributed by atoms with E-state index in [1.165, 1.54) is 18.2 Å². The summed E-state index contributed by atoms with van der Waals surface area (Å²) in [4.78, 5) is 38.7. The smallest absolute Gasteiger partial charge is 0.343 e. The molecule has 1 heterocycles. The van der Waals surface area contributed by atoms with Gasteiger partial charge in [-0.2, -0.15) is 0 Å². The Morgan fingerprint density at radius 1 is 0.912 bits per heavy atom. The van der Waals surface area contributed by atoms with E-state index in [9.17, 15) is 18.8 Å². The first-order chi connectivity index (χ1) is 16.1. The van der Waals surface area contributed by atoms with Gasteiger partial charge in [0.05, 0.1) is 16.3 Å². The van der Waals surface area contributed by atoms with Crippen molar-refractivity contribution in [3.63, 3.8) is 0 Å². The van der Waals surface area contributed by atoms with Crippen molar-refractivity contribution in [2.75, 3.05) is 10.2 Å². The van der Waals surface area contributed by atoms with Gasteiger partial charge in [-0.1, -0.05) is 29.3 Å². The van der Waals surface area contributed by atoms with Crippen molar-refractivity contribution in [3.8, 4) is 5.75 Å². The maximum atomic E-state index is 13.5. The van der Waals surface area contributed by atoms with Gasteiger partial charge >= 0.3 is 5.97 Å². The number of halogens is 3. The van der Waals surface area contributed by atoms with Gasteiger partial charge in [-0.05, 0) is 79.6 Å². The predicted molar refractivity (Wildman–Crippen MR) is 128 cm³/mol. The van der Waals surface area contributed by atoms with Crippen molar-refractivity contribution in [1.29, 1.82) is 0 Å². The van der Waals surface area contributed by atoms with E-state index in [2.05, 4.69) is 5.32 Å². The Bertz CT molecular complexity index is 1350. The molecule has 6 nitrogen and oxygen atoms in total. The summed E-state index contributed by atoms with van der Waals surface area (Å²) >= 11 is 11.9. The van der Waals surface area contributed by atoms with Gasteiger partial charge in [0.2, 0.25) is 0 Å². The SMILES string of the molecule is Cc1cc(C)cc(OC(=O)c2ccc(NC3=C(Cl)C(=O)N(c4ccc(F)c(Cl)c4)C3=O)cc2)c1. The minimum atomic E-state index is -0.773. The third-order valence-electron chi connectivity index (χ3n) is 4.98. The van der Waals surface area contributed by atoms with E-state index in [4.69, 9.17) is 27.9 Å². The highest BCUT2D eigenvalue weighted by Crippen LogP contribution is 2.32. The largest absolute Gasteiger partial charge is 0.423 e. The van der Waals surface area contributed by atoms with Crippen molar-refractivity contribution >= 4 is 52.4 Å². The Morgan fingerprint density at radius 2 is 1.56 bits per heavy atom. The van der Waals surface area contributed by atoms with E-state index < -0.39 is 23.6 Å². The van der Waals surface area contributed by atoms with E-state index in [1.807, 2.05) is 19.9 Å². The quantitative estimate of drug-likeness (QED) is 0.275. The van der Waals surface area contributed by atoms with E-state index in [1.54, 1.807) is 24.3 Å². The molecule has 1 aliphatic heterocycles. The van der Waals surface area contributed by atoms with Crippen LogP contribution in [0.3, 0.4) is 0 Å². The molecule has 1 N–H and O–H groups in total. The van der Waals surface area contributed by atoms with Crippen LogP contribution in [0.25, 0.3) is 0 Å². The number of nitrogens with one attached hydrogen (secondary N) is 1. The molecule has 4 rings (SSSR count). The molecule has 34 heavy (non-hydrogen) atoms. The van der Waals surface area contributed by atoms with Crippen molar-refractivity contribution in [2.24, 2.45) is 0 Å². The zero-order chi connectivity index (χ0) is 24.6. The van der Waals surface area contributed by atoms with Crippen LogP contribution in [0.4, 0.5) is 15.8 Å². The number of nitrogens with zero attached hydrogens (tertiary/aromatic N) is 1. The number of imide groups is 1. The summed E-state index contributed by atoms with van der Waals surface area (Å²) in [6.07, 6.45) is 0. The Kier molecular flexibility index (Phi) is 6.41. The number of aryl methyl sites for hydroxylation is 2. The molecule has 0 atom stereocenters. The van der Waals surface area contributed by atoms with Crippen molar-refractivity contribution in [2.45, 2.75) is 13.8 Å². The van der Waals surface area contributed by atoms with Crippen LogP contribution < -0.4 is 15.0 Å². The number of hydrogen-bond donors (Lipinski definition) is 1. The Balaban J connectivity index is 1.49.